The average molecular weight is 268 g/mol. The van der Waals surface area contributed by atoms with Crippen molar-refractivity contribution in [3.05, 3.63) is 35.6 Å². The summed E-state index contributed by atoms with van der Waals surface area (Å²) >= 11 is 0. The molecule has 0 bridgehead atoms. The van der Waals surface area contributed by atoms with E-state index in [1.807, 2.05) is 13.0 Å². The number of hydrogen-bond donors (Lipinski definition) is 2. The Balaban J connectivity index is 2.47. The maximum Gasteiger partial charge on any atom is 0.236 e. The molecular weight excluding hydrogens is 247 g/mol. The van der Waals surface area contributed by atoms with Crippen molar-refractivity contribution in [3.63, 3.8) is 0 Å². The molecule has 0 aliphatic heterocycles. The van der Waals surface area contributed by atoms with Crippen LogP contribution in [0.2, 0.25) is 0 Å². The summed E-state index contributed by atoms with van der Waals surface area (Å²) in [5, 5.41) is 5.88. The second kappa shape index (κ2) is 7.86. The fourth-order valence-electron chi connectivity index (χ4n) is 1.75. The molecule has 0 saturated carbocycles. The zero-order valence-electron chi connectivity index (χ0n) is 11.6. The summed E-state index contributed by atoms with van der Waals surface area (Å²) in [5.41, 5.74) is 0.816. The quantitative estimate of drug-likeness (QED) is 0.739. The molecule has 0 saturated heterocycles. The first kappa shape index (κ1) is 15.6. The van der Waals surface area contributed by atoms with Gasteiger partial charge in [-0.3, -0.25) is 10.1 Å². The summed E-state index contributed by atoms with van der Waals surface area (Å²) in [5.74, 6) is -0.372. The lowest BCUT2D eigenvalue weighted by Crippen LogP contribution is -2.44. The Labute approximate surface area is 113 Å². The highest BCUT2D eigenvalue weighted by molar-refractivity contribution is 5.81. The molecule has 0 radical (unpaired) electrons. The van der Waals surface area contributed by atoms with E-state index in [9.17, 15) is 9.18 Å². The molecule has 1 rings (SSSR count). The van der Waals surface area contributed by atoms with E-state index in [-0.39, 0.29) is 23.8 Å². The minimum Gasteiger partial charge on any atom is -0.383 e. The molecule has 4 nitrogen and oxygen atoms in total. The van der Waals surface area contributed by atoms with E-state index >= 15 is 0 Å². The van der Waals surface area contributed by atoms with Crippen LogP contribution in [0.1, 0.15) is 25.5 Å². The molecule has 1 amide bonds. The summed E-state index contributed by atoms with van der Waals surface area (Å²) in [6.45, 7) is 4.64. The molecule has 0 aromatic heterocycles. The Hall–Kier alpha value is -1.46. The van der Waals surface area contributed by atoms with Crippen LogP contribution in [0.3, 0.4) is 0 Å². The Morgan fingerprint density at radius 2 is 2.16 bits per heavy atom. The monoisotopic (exact) mass is 268 g/mol. The van der Waals surface area contributed by atoms with E-state index in [4.69, 9.17) is 4.74 Å². The summed E-state index contributed by atoms with van der Waals surface area (Å²) < 4.78 is 18.0. The molecular formula is C14H21FN2O2. The minimum absolute atomic E-state index is 0.0969. The van der Waals surface area contributed by atoms with E-state index < -0.39 is 0 Å². The molecule has 5 heteroatoms. The number of rotatable bonds is 7. The molecule has 0 aliphatic rings. The number of methoxy groups -OCH3 is 1. The third-order valence-corrected chi connectivity index (χ3v) is 2.85. The van der Waals surface area contributed by atoms with Gasteiger partial charge in [-0.05, 0) is 31.5 Å². The van der Waals surface area contributed by atoms with Crippen molar-refractivity contribution < 1.29 is 13.9 Å². The molecule has 2 atom stereocenters. The molecule has 0 aliphatic carbocycles. The normalized spacial score (nSPS) is 13.9. The average Bonchev–Trinajstić information content (AvgIpc) is 2.38. The van der Waals surface area contributed by atoms with Crippen LogP contribution in [-0.2, 0) is 9.53 Å². The second-order valence-electron chi connectivity index (χ2n) is 4.45. The van der Waals surface area contributed by atoms with Gasteiger partial charge in [-0.1, -0.05) is 12.1 Å². The van der Waals surface area contributed by atoms with Crippen LogP contribution in [0.15, 0.2) is 24.3 Å². The van der Waals surface area contributed by atoms with Crippen LogP contribution < -0.4 is 10.6 Å². The summed E-state index contributed by atoms with van der Waals surface area (Å²) in [6.07, 6.45) is 0. The summed E-state index contributed by atoms with van der Waals surface area (Å²) in [4.78, 5) is 11.7. The van der Waals surface area contributed by atoms with E-state index in [2.05, 4.69) is 10.6 Å². The third kappa shape index (κ3) is 5.36. The van der Waals surface area contributed by atoms with Crippen molar-refractivity contribution in [3.8, 4) is 0 Å². The Bertz CT molecular complexity index is 412. The molecule has 1 unspecified atom stereocenters. The van der Waals surface area contributed by atoms with Crippen molar-refractivity contribution in [1.82, 2.24) is 10.6 Å². The van der Waals surface area contributed by atoms with Crippen molar-refractivity contribution in [2.24, 2.45) is 0 Å². The van der Waals surface area contributed by atoms with Crippen molar-refractivity contribution in [2.75, 3.05) is 20.3 Å². The van der Waals surface area contributed by atoms with Gasteiger partial charge in [-0.25, -0.2) is 4.39 Å². The van der Waals surface area contributed by atoms with Crippen LogP contribution >= 0.6 is 0 Å². The van der Waals surface area contributed by atoms with E-state index in [0.29, 0.717) is 13.2 Å². The fourth-order valence-corrected chi connectivity index (χ4v) is 1.75. The van der Waals surface area contributed by atoms with Gasteiger partial charge in [0.15, 0.2) is 0 Å². The molecule has 106 valence electrons. The van der Waals surface area contributed by atoms with Crippen LogP contribution in [-0.4, -0.2) is 32.2 Å². The predicted octanol–water partition coefficient (Wildman–Crippen LogP) is 1.63. The Morgan fingerprint density at radius 1 is 1.42 bits per heavy atom. The summed E-state index contributed by atoms with van der Waals surface area (Å²) in [7, 11) is 1.58. The highest BCUT2D eigenvalue weighted by Crippen LogP contribution is 2.13. The Kier molecular flexibility index (Phi) is 6.45. The number of benzene rings is 1. The largest absolute Gasteiger partial charge is 0.383 e. The zero-order chi connectivity index (χ0) is 14.3. The minimum atomic E-state index is -0.352. The number of halogens is 1. The van der Waals surface area contributed by atoms with Gasteiger partial charge in [0.05, 0.1) is 12.6 Å². The SMILES string of the molecule is COCCNC(=O)C(C)N[C@@H](C)c1cccc(F)c1. The lowest BCUT2D eigenvalue weighted by Gasteiger charge is -2.20. The van der Waals surface area contributed by atoms with Gasteiger partial charge >= 0.3 is 0 Å². The lowest BCUT2D eigenvalue weighted by molar-refractivity contribution is -0.123. The number of nitrogens with one attached hydrogen (secondary N) is 2. The van der Waals surface area contributed by atoms with Crippen LogP contribution in [0.5, 0.6) is 0 Å². The van der Waals surface area contributed by atoms with Crippen LogP contribution in [0.25, 0.3) is 0 Å². The maximum absolute atomic E-state index is 13.1. The first-order valence-electron chi connectivity index (χ1n) is 6.32. The van der Waals surface area contributed by atoms with Gasteiger partial charge in [0, 0.05) is 19.7 Å². The van der Waals surface area contributed by atoms with E-state index in [0.717, 1.165) is 5.56 Å². The zero-order valence-corrected chi connectivity index (χ0v) is 11.6. The standard InChI is InChI=1S/C14H21FN2O2/c1-10(12-5-4-6-13(15)9-12)17-11(2)14(18)16-7-8-19-3/h4-6,9-11,17H,7-8H2,1-3H3,(H,16,18)/t10-,11?/m0/s1. The van der Waals surface area contributed by atoms with Gasteiger partial charge in [0.1, 0.15) is 5.82 Å². The third-order valence-electron chi connectivity index (χ3n) is 2.85. The molecule has 0 heterocycles. The van der Waals surface area contributed by atoms with Crippen molar-refractivity contribution in [1.29, 1.82) is 0 Å². The summed E-state index contributed by atoms with van der Waals surface area (Å²) in [6, 6.07) is 5.90. The highest BCUT2D eigenvalue weighted by Gasteiger charge is 2.15. The first-order valence-corrected chi connectivity index (χ1v) is 6.32. The number of carbonyl (C=O) groups is 1. The van der Waals surface area contributed by atoms with Gasteiger partial charge in [-0.2, -0.15) is 0 Å². The lowest BCUT2D eigenvalue weighted by atomic mass is 10.1. The molecule has 0 spiro atoms. The highest BCUT2D eigenvalue weighted by atomic mass is 19.1. The van der Waals surface area contributed by atoms with Crippen molar-refractivity contribution >= 4 is 5.91 Å². The maximum atomic E-state index is 13.1. The van der Waals surface area contributed by atoms with Gasteiger partial charge < -0.3 is 10.1 Å². The predicted molar refractivity (Wildman–Crippen MR) is 72.3 cm³/mol. The molecule has 1 aromatic carbocycles. The van der Waals surface area contributed by atoms with E-state index in [1.54, 1.807) is 20.1 Å². The van der Waals surface area contributed by atoms with Crippen LogP contribution in [0.4, 0.5) is 4.39 Å². The van der Waals surface area contributed by atoms with Gasteiger partial charge in [0.25, 0.3) is 0 Å². The molecule has 1 aromatic rings. The van der Waals surface area contributed by atoms with Gasteiger partial charge in [-0.15, -0.1) is 0 Å². The first-order chi connectivity index (χ1) is 9.04. The van der Waals surface area contributed by atoms with E-state index in [1.165, 1.54) is 12.1 Å². The second-order valence-corrected chi connectivity index (χ2v) is 4.45. The van der Waals surface area contributed by atoms with Crippen LogP contribution in [0, 0.1) is 5.82 Å². The number of amides is 1. The number of ether oxygens (including phenoxy) is 1. The topological polar surface area (TPSA) is 50.4 Å². The molecule has 19 heavy (non-hydrogen) atoms. The number of hydrogen-bond acceptors (Lipinski definition) is 3. The fraction of sp³-hybridized carbons (Fsp3) is 0.500. The molecule has 0 fully saturated rings. The smallest absolute Gasteiger partial charge is 0.236 e. The Morgan fingerprint density at radius 3 is 2.79 bits per heavy atom. The van der Waals surface area contributed by atoms with Gasteiger partial charge in [0.2, 0.25) is 5.91 Å². The number of carbonyl (C=O) groups excluding carboxylic acids is 1. The van der Waals surface area contributed by atoms with Crippen molar-refractivity contribution in [2.45, 2.75) is 25.9 Å². The molecule has 2 N–H and O–H groups in total.